The minimum Gasteiger partial charge on any atom is -0.493 e. The number of esters is 1. The van der Waals surface area contributed by atoms with Crippen LogP contribution in [-0.2, 0) is 11.3 Å². The fourth-order valence-electron chi connectivity index (χ4n) is 1.72. The summed E-state index contributed by atoms with van der Waals surface area (Å²) >= 11 is 3.36. The molecule has 0 unspecified atom stereocenters. The van der Waals surface area contributed by atoms with Gasteiger partial charge in [-0.25, -0.2) is 4.79 Å². The average molecular weight is 335 g/mol. The van der Waals surface area contributed by atoms with E-state index in [9.17, 15) is 4.79 Å². The number of hydrogen-bond acceptors (Lipinski definition) is 3. The third-order valence-corrected chi connectivity index (χ3v) is 3.22. The average Bonchev–Trinajstić information content (AvgIpc) is 2.47. The third-order valence-electron chi connectivity index (χ3n) is 2.69. The molecule has 4 heteroatoms. The number of ether oxygens (including phenoxy) is 2. The van der Waals surface area contributed by atoms with E-state index >= 15 is 0 Å². The van der Waals surface area contributed by atoms with Crippen molar-refractivity contribution in [3.63, 3.8) is 0 Å². The second kappa shape index (κ2) is 7.10. The topological polar surface area (TPSA) is 35.5 Å². The highest BCUT2D eigenvalue weighted by atomic mass is 79.9. The Balaban J connectivity index is 2.03. The molecule has 3 nitrogen and oxygen atoms in total. The van der Waals surface area contributed by atoms with Gasteiger partial charge in [0.1, 0.15) is 17.9 Å². The Labute approximate surface area is 126 Å². The van der Waals surface area contributed by atoms with E-state index in [1.54, 1.807) is 18.2 Å². The molecule has 0 saturated carbocycles. The fourth-order valence-corrected chi connectivity index (χ4v) is 1.99. The molecule has 2 aromatic carbocycles. The number of halogens is 1. The van der Waals surface area contributed by atoms with Crippen LogP contribution in [0.25, 0.3) is 0 Å². The molecule has 2 aromatic rings. The van der Waals surface area contributed by atoms with Crippen molar-refractivity contribution in [2.24, 2.45) is 0 Å². The first kappa shape index (κ1) is 14.6. The molecule has 104 valence electrons. The van der Waals surface area contributed by atoms with Gasteiger partial charge < -0.3 is 9.47 Å². The number of carbonyl (C=O) groups is 1. The van der Waals surface area contributed by atoms with E-state index in [0.717, 1.165) is 10.0 Å². The molecular weight excluding hydrogens is 320 g/mol. The summed E-state index contributed by atoms with van der Waals surface area (Å²) in [5, 5.41) is 0. The molecule has 0 bridgehead atoms. The van der Waals surface area contributed by atoms with E-state index in [1.165, 1.54) is 0 Å². The predicted octanol–water partition coefficient (Wildman–Crippen LogP) is 4.20. The first-order chi connectivity index (χ1) is 9.70. The van der Waals surface area contributed by atoms with Crippen LogP contribution in [-0.4, -0.2) is 12.6 Å². The Morgan fingerprint density at radius 3 is 2.50 bits per heavy atom. The summed E-state index contributed by atoms with van der Waals surface area (Å²) in [4.78, 5) is 12.1. The van der Waals surface area contributed by atoms with Crippen molar-refractivity contribution in [3.8, 4) is 5.75 Å². The van der Waals surface area contributed by atoms with E-state index in [-0.39, 0.29) is 12.6 Å². The molecule has 0 spiro atoms. The summed E-state index contributed by atoms with van der Waals surface area (Å²) in [6, 6.07) is 14.7. The quantitative estimate of drug-likeness (QED) is 0.768. The summed E-state index contributed by atoms with van der Waals surface area (Å²) in [5.41, 5.74) is 1.39. The molecule has 0 amide bonds. The van der Waals surface area contributed by atoms with Gasteiger partial charge in [-0.15, -0.1) is 0 Å². The van der Waals surface area contributed by atoms with E-state index in [2.05, 4.69) is 15.9 Å². The van der Waals surface area contributed by atoms with Crippen LogP contribution in [0.3, 0.4) is 0 Å². The molecule has 0 fully saturated rings. The zero-order valence-electron chi connectivity index (χ0n) is 11.1. The third kappa shape index (κ3) is 3.84. The maximum atomic E-state index is 12.1. The normalized spacial score (nSPS) is 10.1. The van der Waals surface area contributed by atoms with Crippen molar-refractivity contribution in [1.82, 2.24) is 0 Å². The standard InChI is InChI=1S/C16H15BrO3/c1-2-19-15-6-4-3-5-14(15)16(18)20-11-12-7-9-13(17)10-8-12/h3-10H,2,11H2,1H3. The van der Waals surface area contributed by atoms with E-state index in [1.807, 2.05) is 37.3 Å². The van der Waals surface area contributed by atoms with Crippen LogP contribution in [0.15, 0.2) is 53.0 Å². The minimum absolute atomic E-state index is 0.243. The van der Waals surface area contributed by atoms with Gasteiger partial charge in [0.05, 0.1) is 6.61 Å². The Bertz CT molecular complexity index is 579. The lowest BCUT2D eigenvalue weighted by Crippen LogP contribution is -2.08. The Kier molecular flexibility index (Phi) is 5.18. The lowest BCUT2D eigenvalue weighted by Gasteiger charge is -2.10. The van der Waals surface area contributed by atoms with Crippen LogP contribution in [0.1, 0.15) is 22.8 Å². The molecular formula is C16H15BrO3. The molecule has 0 aliphatic rings. The molecule has 0 N–H and O–H groups in total. The zero-order chi connectivity index (χ0) is 14.4. The second-order valence-electron chi connectivity index (χ2n) is 4.13. The number of hydrogen-bond donors (Lipinski definition) is 0. The first-order valence-corrected chi connectivity index (χ1v) is 7.13. The molecule has 0 aliphatic heterocycles. The summed E-state index contributed by atoms with van der Waals surface area (Å²) in [7, 11) is 0. The van der Waals surface area contributed by atoms with Gasteiger partial charge in [-0.1, -0.05) is 40.2 Å². The number of benzene rings is 2. The van der Waals surface area contributed by atoms with Gasteiger partial charge in [-0.2, -0.15) is 0 Å². The molecule has 0 heterocycles. The van der Waals surface area contributed by atoms with Crippen LogP contribution in [0.2, 0.25) is 0 Å². The van der Waals surface area contributed by atoms with Gasteiger partial charge in [0.15, 0.2) is 0 Å². The van der Waals surface area contributed by atoms with Crippen LogP contribution in [0, 0.1) is 0 Å². The van der Waals surface area contributed by atoms with Crippen LogP contribution >= 0.6 is 15.9 Å². The van der Waals surface area contributed by atoms with Gasteiger partial charge >= 0.3 is 5.97 Å². The van der Waals surface area contributed by atoms with E-state index in [0.29, 0.717) is 17.9 Å². The van der Waals surface area contributed by atoms with E-state index < -0.39 is 0 Å². The lowest BCUT2D eigenvalue weighted by molar-refractivity contribution is 0.0468. The molecule has 2 rings (SSSR count). The second-order valence-corrected chi connectivity index (χ2v) is 5.05. The number of carbonyl (C=O) groups excluding carboxylic acids is 1. The number of para-hydroxylation sites is 1. The predicted molar refractivity (Wildman–Crippen MR) is 80.9 cm³/mol. The van der Waals surface area contributed by atoms with Gasteiger partial charge in [-0.3, -0.25) is 0 Å². The van der Waals surface area contributed by atoms with Gasteiger partial charge in [0.25, 0.3) is 0 Å². The molecule has 0 radical (unpaired) electrons. The first-order valence-electron chi connectivity index (χ1n) is 6.34. The van der Waals surface area contributed by atoms with Crippen LogP contribution in [0.5, 0.6) is 5.75 Å². The van der Waals surface area contributed by atoms with Crippen molar-refractivity contribution in [2.75, 3.05) is 6.61 Å². The smallest absolute Gasteiger partial charge is 0.342 e. The molecule has 0 atom stereocenters. The fraction of sp³-hybridized carbons (Fsp3) is 0.188. The van der Waals surface area contributed by atoms with Gasteiger partial charge in [0.2, 0.25) is 0 Å². The lowest BCUT2D eigenvalue weighted by atomic mass is 10.2. The Morgan fingerprint density at radius 2 is 1.80 bits per heavy atom. The summed E-state index contributed by atoms with van der Waals surface area (Å²) in [6.45, 7) is 2.63. The van der Waals surface area contributed by atoms with Crippen LogP contribution in [0.4, 0.5) is 0 Å². The van der Waals surface area contributed by atoms with Crippen molar-refractivity contribution in [3.05, 3.63) is 64.1 Å². The summed E-state index contributed by atoms with van der Waals surface area (Å²) < 4.78 is 11.7. The Hall–Kier alpha value is -1.81. The van der Waals surface area contributed by atoms with Crippen molar-refractivity contribution in [1.29, 1.82) is 0 Å². The molecule has 20 heavy (non-hydrogen) atoms. The van der Waals surface area contributed by atoms with E-state index in [4.69, 9.17) is 9.47 Å². The maximum absolute atomic E-state index is 12.1. The number of rotatable bonds is 5. The highest BCUT2D eigenvalue weighted by Gasteiger charge is 2.13. The summed E-state index contributed by atoms with van der Waals surface area (Å²) in [5.74, 6) is 0.174. The minimum atomic E-state index is -0.378. The van der Waals surface area contributed by atoms with Crippen molar-refractivity contribution < 1.29 is 14.3 Å². The largest absolute Gasteiger partial charge is 0.493 e. The molecule has 0 saturated heterocycles. The monoisotopic (exact) mass is 334 g/mol. The highest BCUT2D eigenvalue weighted by Crippen LogP contribution is 2.19. The maximum Gasteiger partial charge on any atom is 0.342 e. The van der Waals surface area contributed by atoms with Crippen molar-refractivity contribution in [2.45, 2.75) is 13.5 Å². The van der Waals surface area contributed by atoms with Gasteiger partial charge in [0, 0.05) is 4.47 Å². The SMILES string of the molecule is CCOc1ccccc1C(=O)OCc1ccc(Br)cc1. The van der Waals surface area contributed by atoms with Crippen LogP contribution < -0.4 is 4.74 Å². The molecule has 0 aromatic heterocycles. The van der Waals surface area contributed by atoms with Gasteiger partial charge in [-0.05, 0) is 36.8 Å². The van der Waals surface area contributed by atoms with Crippen molar-refractivity contribution >= 4 is 21.9 Å². The Morgan fingerprint density at radius 1 is 1.10 bits per heavy atom. The molecule has 0 aliphatic carbocycles. The highest BCUT2D eigenvalue weighted by molar-refractivity contribution is 9.10. The zero-order valence-corrected chi connectivity index (χ0v) is 12.7. The summed E-state index contributed by atoms with van der Waals surface area (Å²) in [6.07, 6.45) is 0.